The molecule has 4 aromatic rings. The van der Waals surface area contributed by atoms with Crippen LogP contribution in [-0.2, 0) is 0 Å². The molecule has 4 aromatic carbocycles. The highest BCUT2D eigenvalue weighted by atomic mass is 79.9. The summed E-state index contributed by atoms with van der Waals surface area (Å²) >= 11 is 3.74. The summed E-state index contributed by atoms with van der Waals surface area (Å²) in [5.74, 6) is 0. The summed E-state index contributed by atoms with van der Waals surface area (Å²) < 4.78 is 1.10. The van der Waals surface area contributed by atoms with Gasteiger partial charge < -0.3 is 4.90 Å². The van der Waals surface area contributed by atoms with Crippen molar-refractivity contribution in [2.75, 3.05) is 13.6 Å². The van der Waals surface area contributed by atoms with Gasteiger partial charge in [-0.3, -0.25) is 0 Å². The van der Waals surface area contributed by atoms with E-state index >= 15 is 0 Å². The fourth-order valence-electron chi connectivity index (χ4n) is 4.05. The highest BCUT2D eigenvalue weighted by Gasteiger charge is 2.12. The normalized spacial score (nSPS) is 13.9. The first kappa shape index (κ1) is 17.3. The van der Waals surface area contributed by atoms with Crippen molar-refractivity contribution in [1.29, 1.82) is 0 Å². The summed E-state index contributed by atoms with van der Waals surface area (Å²) in [5, 5.41) is 5.16. The van der Waals surface area contributed by atoms with Gasteiger partial charge in [0.05, 0.1) is 0 Å². The molecule has 1 nitrogen and oxygen atoms in total. The minimum atomic E-state index is 0.958. The van der Waals surface area contributed by atoms with Gasteiger partial charge in [-0.15, -0.1) is 0 Å². The zero-order chi connectivity index (χ0) is 19.1. The SMILES string of the molecule is CN1C=C(c2cc(Br)cc(-c3cc4ccccc4c4ccccc34)c2)C=CC1. The lowest BCUT2D eigenvalue weighted by molar-refractivity contribution is 0.507. The molecule has 0 aliphatic carbocycles. The van der Waals surface area contributed by atoms with Crippen molar-refractivity contribution >= 4 is 43.0 Å². The monoisotopic (exact) mass is 425 g/mol. The summed E-state index contributed by atoms with van der Waals surface area (Å²) in [6, 6.07) is 26.4. The van der Waals surface area contributed by atoms with Crippen LogP contribution in [0.3, 0.4) is 0 Å². The predicted octanol–water partition coefficient (Wildman–Crippen LogP) is 7.27. The molecule has 1 aliphatic rings. The molecule has 0 aromatic heterocycles. The first-order valence-corrected chi connectivity index (χ1v) is 10.3. The van der Waals surface area contributed by atoms with Crippen LogP contribution < -0.4 is 0 Å². The molecule has 0 saturated heterocycles. The van der Waals surface area contributed by atoms with E-state index in [9.17, 15) is 0 Å². The van der Waals surface area contributed by atoms with Crippen molar-refractivity contribution < 1.29 is 0 Å². The second kappa shape index (κ2) is 6.96. The Morgan fingerprint density at radius 2 is 1.50 bits per heavy atom. The number of benzene rings is 4. The molecule has 0 fully saturated rings. The smallest absolute Gasteiger partial charge is 0.0354 e. The number of nitrogens with zero attached hydrogens (tertiary/aromatic N) is 1. The zero-order valence-corrected chi connectivity index (χ0v) is 17.3. The Balaban J connectivity index is 1.77. The number of allylic oxidation sites excluding steroid dienone is 2. The van der Waals surface area contributed by atoms with Crippen molar-refractivity contribution in [1.82, 2.24) is 4.90 Å². The summed E-state index contributed by atoms with van der Waals surface area (Å²) in [6.07, 6.45) is 6.63. The van der Waals surface area contributed by atoms with Gasteiger partial charge in [0.15, 0.2) is 0 Å². The van der Waals surface area contributed by atoms with E-state index in [-0.39, 0.29) is 0 Å². The Morgan fingerprint density at radius 1 is 0.786 bits per heavy atom. The van der Waals surface area contributed by atoms with Crippen LogP contribution in [0.2, 0.25) is 0 Å². The van der Waals surface area contributed by atoms with Gasteiger partial charge in [0.25, 0.3) is 0 Å². The van der Waals surface area contributed by atoms with E-state index in [1.165, 1.54) is 43.8 Å². The molecule has 1 aliphatic heterocycles. The number of rotatable bonds is 2. The standard InChI is InChI=1S/C26H20BrN/c1-28-12-6-8-19(17-28)20-13-21(15-22(27)14-20)26-16-18-7-2-3-9-23(18)24-10-4-5-11-25(24)26/h2-11,13-17H,12H2,1H3. The third-order valence-corrected chi connectivity index (χ3v) is 5.82. The second-order valence-electron chi connectivity index (χ2n) is 7.35. The predicted molar refractivity (Wildman–Crippen MR) is 124 cm³/mol. The maximum absolute atomic E-state index is 3.74. The molecule has 0 radical (unpaired) electrons. The van der Waals surface area contributed by atoms with Gasteiger partial charge in [-0.1, -0.05) is 76.6 Å². The van der Waals surface area contributed by atoms with Gasteiger partial charge in [-0.05, 0) is 68.1 Å². The van der Waals surface area contributed by atoms with Gasteiger partial charge in [0.1, 0.15) is 0 Å². The number of likely N-dealkylation sites (N-methyl/N-ethyl adjacent to an activating group) is 1. The first-order valence-electron chi connectivity index (χ1n) is 9.49. The number of fused-ring (bicyclic) bond motifs is 3. The average molecular weight is 426 g/mol. The summed E-state index contributed by atoms with van der Waals surface area (Å²) in [4.78, 5) is 2.21. The number of hydrogen-bond acceptors (Lipinski definition) is 1. The van der Waals surface area contributed by atoms with Crippen LogP contribution in [0.4, 0.5) is 0 Å². The molecule has 0 spiro atoms. The van der Waals surface area contributed by atoms with Gasteiger partial charge in [0.2, 0.25) is 0 Å². The zero-order valence-electron chi connectivity index (χ0n) is 15.7. The lowest BCUT2D eigenvalue weighted by atomic mass is 9.91. The van der Waals surface area contributed by atoms with Gasteiger partial charge in [-0.25, -0.2) is 0 Å². The van der Waals surface area contributed by atoms with E-state index in [4.69, 9.17) is 0 Å². The van der Waals surface area contributed by atoms with E-state index in [1.807, 2.05) is 0 Å². The molecule has 2 heteroatoms. The van der Waals surface area contributed by atoms with Crippen molar-refractivity contribution in [3.8, 4) is 11.1 Å². The summed E-state index contributed by atoms with van der Waals surface area (Å²) in [6.45, 7) is 0.958. The maximum atomic E-state index is 3.74. The van der Waals surface area contributed by atoms with Crippen LogP contribution in [0, 0.1) is 0 Å². The number of halogens is 1. The second-order valence-corrected chi connectivity index (χ2v) is 8.26. The molecule has 0 N–H and O–H groups in total. The Kier molecular flexibility index (Phi) is 4.29. The van der Waals surface area contributed by atoms with E-state index in [0.717, 1.165) is 11.0 Å². The molecule has 0 amide bonds. The molecule has 0 saturated carbocycles. The van der Waals surface area contributed by atoms with Crippen molar-refractivity contribution in [2.45, 2.75) is 0 Å². The lowest BCUT2D eigenvalue weighted by Crippen LogP contribution is -2.13. The third-order valence-electron chi connectivity index (χ3n) is 5.36. The average Bonchev–Trinajstić information content (AvgIpc) is 2.73. The Morgan fingerprint density at radius 3 is 2.32 bits per heavy atom. The van der Waals surface area contributed by atoms with Crippen molar-refractivity contribution in [3.05, 3.63) is 101 Å². The van der Waals surface area contributed by atoms with E-state index in [2.05, 4.69) is 119 Å². The highest BCUT2D eigenvalue weighted by Crippen LogP contribution is 2.37. The summed E-state index contributed by atoms with van der Waals surface area (Å²) in [5.41, 5.74) is 4.96. The topological polar surface area (TPSA) is 3.24 Å². The molecule has 5 rings (SSSR count). The van der Waals surface area contributed by atoms with Crippen molar-refractivity contribution in [2.24, 2.45) is 0 Å². The molecular weight excluding hydrogens is 406 g/mol. The van der Waals surface area contributed by atoms with Gasteiger partial charge in [-0.2, -0.15) is 0 Å². The maximum Gasteiger partial charge on any atom is 0.0354 e. The first-order chi connectivity index (χ1) is 13.7. The Hall–Kier alpha value is -2.84. The molecule has 136 valence electrons. The molecule has 0 bridgehead atoms. The van der Waals surface area contributed by atoms with Crippen LogP contribution in [0.1, 0.15) is 5.56 Å². The van der Waals surface area contributed by atoms with E-state index in [0.29, 0.717) is 0 Å². The molecular formula is C26H20BrN. The van der Waals surface area contributed by atoms with E-state index in [1.54, 1.807) is 0 Å². The Bertz CT molecular complexity index is 1270. The minimum Gasteiger partial charge on any atom is -0.376 e. The molecule has 28 heavy (non-hydrogen) atoms. The van der Waals surface area contributed by atoms with Crippen LogP contribution in [0.5, 0.6) is 0 Å². The molecule has 0 atom stereocenters. The fourth-order valence-corrected chi connectivity index (χ4v) is 4.55. The quantitative estimate of drug-likeness (QED) is 0.305. The highest BCUT2D eigenvalue weighted by molar-refractivity contribution is 9.10. The van der Waals surface area contributed by atoms with Gasteiger partial charge in [0, 0.05) is 24.3 Å². The van der Waals surface area contributed by atoms with Crippen LogP contribution in [0.15, 0.2) is 95.6 Å². The Labute approximate surface area is 173 Å². The third kappa shape index (κ3) is 3.04. The van der Waals surface area contributed by atoms with Gasteiger partial charge >= 0.3 is 0 Å². The summed E-state index contributed by atoms with van der Waals surface area (Å²) in [7, 11) is 2.11. The minimum absolute atomic E-state index is 0.958. The fraction of sp³-hybridized carbons (Fsp3) is 0.0769. The van der Waals surface area contributed by atoms with E-state index < -0.39 is 0 Å². The van der Waals surface area contributed by atoms with Crippen LogP contribution >= 0.6 is 15.9 Å². The number of hydrogen-bond donors (Lipinski definition) is 0. The van der Waals surface area contributed by atoms with Crippen LogP contribution in [0.25, 0.3) is 38.2 Å². The van der Waals surface area contributed by atoms with Crippen LogP contribution in [-0.4, -0.2) is 18.5 Å². The van der Waals surface area contributed by atoms with Crippen molar-refractivity contribution in [3.63, 3.8) is 0 Å². The lowest BCUT2D eigenvalue weighted by Gasteiger charge is -2.19. The molecule has 0 unspecified atom stereocenters. The largest absolute Gasteiger partial charge is 0.376 e. The molecule has 1 heterocycles.